The zero-order valence-corrected chi connectivity index (χ0v) is 12.9. The summed E-state index contributed by atoms with van der Waals surface area (Å²) in [5.74, 6) is 0.0457. The van der Waals surface area contributed by atoms with Crippen LogP contribution in [0.5, 0.6) is 0 Å². The van der Waals surface area contributed by atoms with Crippen molar-refractivity contribution in [3.8, 4) is 0 Å². The van der Waals surface area contributed by atoms with Crippen molar-refractivity contribution in [1.29, 1.82) is 0 Å². The molecule has 0 aromatic carbocycles. The monoisotopic (exact) mass is 308 g/mol. The second-order valence-corrected chi connectivity index (χ2v) is 5.12. The number of halogens is 1. The van der Waals surface area contributed by atoms with Crippen molar-refractivity contribution in [2.24, 2.45) is 11.7 Å². The summed E-state index contributed by atoms with van der Waals surface area (Å²) in [4.78, 5) is 25.0. The fourth-order valence-electron chi connectivity index (χ4n) is 1.78. The molecule has 4 N–H and O–H groups in total. The van der Waals surface area contributed by atoms with Crippen LogP contribution in [0.4, 0.5) is 4.79 Å². The summed E-state index contributed by atoms with van der Waals surface area (Å²) in [6, 6.07) is -0.442. The maximum absolute atomic E-state index is 11.7. The standard InChI is InChI=1S/C12H24N4O3.ClH/c1-9(2)6-14-12(18)15-11(17)8-16-3-4-19-10(5-13)7-16;/h9-10H,3-8,13H2,1-2H3,(H2,14,15,17,18);1H. The Bertz CT molecular complexity index is 315. The highest BCUT2D eigenvalue weighted by Crippen LogP contribution is 2.03. The van der Waals surface area contributed by atoms with Crippen LogP contribution in [0.2, 0.25) is 0 Å². The van der Waals surface area contributed by atoms with Crippen LogP contribution < -0.4 is 16.4 Å². The van der Waals surface area contributed by atoms with Crippen molar-refractivity contribution in [3.63, 3.8) is 0 Å². The number of carbonyl (C=O) groups is 2. The Morgan fingerprint density at radius 3 is 2.75 bits per heavy atom. The number of morpholine rings is 1. The van der Waals surface area contributed by atoms with Gasteiger partial charge in [0.25, 0.3) is 0 Å². The molecule has 1 unspecified atom stereocenters. The van der Waals surface area contributed by atoms with Crippen LogP contribution in [0.15, 0.2) is 0 Å². The lowest BCUT2D eigenvalue weighted by Gasteiger charge is -2.31. The summed E-state index contributed by atoms with van der Waals surface area (Å²) in [5, 5.41) is 4.95. The van der Waals surface area contributed by atoms with Gasteiger partial charge < -0.3 is 15.8 Å². The van der Waals surface area contributed by atoms with E-state index in [0.717, 1.165) is 0 Å². The van der Waals surface area contributed by atoms with E-state index in [1.54, 1.807) is 0 Å². The molecule has 1 aliphatic rings. The molecule has 3 amide bonds. The molecule has 0 radical (unpaired) electrons. The zero-order chi connectivity index (χ0) is 14.3. The van der Waals surface area contributed by atoms with E-state index in [1.807, 2.05) is 18.7 Å². The molecule has 1 atom stereocenters. The fraction of sp³-hybridized carbons (Fsp3) is 0.833. The van der Waals surface area contributed by atoms with Crippen LogP contribution in [0.1, 0.15) is 13.8 Å². The van der Waals surface area contributed by atoms with Gasteiger partial charge in [0.2, 0.25) is 5.91 Å². The minimum Gasteiger partial charge on any atom is -0.374 e. The number of rotatable bonds is 5. The van der Waals surface area contributed by atoms with Gasteiger partial charge in [0.1, 0.15) is 0 Å². The second-order valence-electron chi connectivity index (χ2n) is 5.12. The lowest BCUT2D eigenvalue weighted by Crippen LogP contribution is -2.50. The third kappa shape index (κ3) is 7.64. The van der Waals surface area contributed by atoms with E-state index in [1.165, 1.54) is 0 Å². The minimum absolute atomic E-state index is 0. The highest BCUT2D eigenvalue weighted by atomic mass is 35.5. The SMILES string of the molecule is CC(C)CNC(=O)NC(=O)CN1CCOC(CN)C1.Cl. The Morgan fingerprint density at radius 2 is 2.15 bits per heavy atom. The lowest BCUT2D eigenvalue weighted by molar-refractivity contribution is -0.123. The van der Waals surface area contributed by atoms with Gasteiger partial charge in [0, 0.05) is 26.2 Å². The molecule has 20 heavy (non-hydrogen) atoms. The van der Waals surface area contributed by atoms with Gasteiger partial charge in [0.15, 0.2) is 0 Å². The molecule has 0 aromatic heterocycles. The quantitative estimate of drug-likeness (QED) is 0.639. The molecule has 0 aromatic rings. The first kappa shape index (κ1) is 19.1. The molecule has 118 valence electrons. The predicted octanol–water partition coefficient (Wildman–Crippen LogP) is -0.450. The molecule has 1 aliphatic heterocycles. The maximum Gasteiger partial charge on any atom is 0.321 e. The molecule has 1 heterocycles. The molecule has 7 nitrogen and oxygen atoms in total. The number of urea groups is 1. The summed E-state index contributed by atoms with van der Waals surface area (Å²) in [6.07, 6.45) is -0.0312. The maximum atomic E-state index is 11.7. The first-order chi connectivity index (χ1) is 9.01. The molecule has 8 heteroatoms. The number of nitrogens with one attached hydrogen (secondary N) is 2. The molecular weight excluding hydrogens is 284 g/mol. The summed E-state index contributed by atoms with van der Waals surface area (Å²) in [5.41, 5.74) is 5.53. The molecule has 1 fully saturated rings. The summed E-state index contributed by atoms with van der Waals surface area (Å²) in [6.45, 7) is 7.02. The van der Waals surface area contributed by atoms with E-state index in [2.05, 4.69) is 10.6 Å². The van der Waals surface area contributed by atoms with Crippen molar-refractivity contribution >= 4 is 24.3 Å². The number of nitrogens with two attached hydrogens (primary N) is 1. The van der Waals surface area contributed by atoms with E-state index in [0.29, 0.717) is 38.7 Å². The van der Waals surface area contributed by atoms with Crippen LogP contribution in [0.3, 0.4) is 0 Å². The van der Waals surface area contributed by atoms with E-state index >= 15 is 0 Å². The Labute approximate surface area is 126 Å². The van der Waals surface area contributed by atoms with Gasteiger partial charge in [0.05, 0.1) is 19.3 Å². The van der Waals surface area contributed by atoms with E-state index in [9.17, 15) is 9.59 Å². The second kappa shape index (κ2) is 9.93. The molecule has 0 saturated carbocycles. The molecule has 1 saturated heterocycles. The highest BCUT2D eigenvalue weighted by Gasteiger charge is 2.21. The largest absolute Gasteiger partial charge is 0.374 e. The number of imide groups is 1. The van der Waals surface area contributed by atoms with E-state index in [-0.39, 0.29) is 31.0 Å². The Morgan fingerprint density at radius 1 is 1.45 bits per heavy atom. The summed E-state index contributed by atoms with van der Waals surface area (Å²) < 4.78 is 5.41. The molecular formula is C12H25ClN4O3. The third-order valence-corrected chi connectivity index (χ3v) is 2.78. The van der Waals surface area contributed by atoms with Crippen LogP contribution in [0.25, 0.3) is 0 Å². The normalized spacial score (nSPS) is 19.3. The van der Waals surface area contributed by atoms with E-state index < -0.39 is 6.03 Å². The number of nitrogens with zero attached hydrogens (tertiary/aromatic N) is 1. The molecule has 0 spiro atoms. The Hall–Kier alpha value is -0.890. The number of amides is 3. The van der Waals surface area contributed by atoms with Crippen LogP contribution in [0, 0.1) is 5.92 Å². The third-order valence-electron chi connectivity index (χ3n) is 2.78. The van der Waals surface area contributed by atoms with Crippen molar-refractivity contribution in [2.75, 3.05) is 39.3 Å². The van der Waals surface area contributed by atoms with Crippen molar-refractivity contribution < 1.29 is 14.3 Å². The zero-order valence-electron chi connectivity index (χ0n) is 12.1. The van der Waals surface area contributed by atoms with Crippen LogP contribution in [-0.2, 0) is 9.53 Å². The average Bonchev–Trinajstić information content (AvgIpc) is 2.36. The van der Waals surface area contributed by atoms with Gasteiger partial charge >= 0.3 is 6.03 Å². The summed E-state index contributed by atoms with van der Waals surface area (Å²) >= 11 is 0. The number of hydrogen-bond donors (Lipinski definition) is 3. The van der Waals surface area contributed by atoms with Crippen molar-refractivity contribution in [3.05, 3.63) is 0 Å². The van der Waals surface area contributed by atoms with Gasteiger partial charge in [-0.1, -0.05) is 13.8 Å². The molecule has 1 rings (SSSR count). The van der Waals surface area contributed by atoms with Gasteiger partial charge in [-0.3, -0.25) is 15.0 Å². The smallest absolute Gasteiger partial charge is 0.321 e. The lowest BCUT2D eigenvalue weighted by atomic mass is 10.2. The summed E-state index contributed by atoms with van der Waals surface area (Å²) in [7, 11) is 0. The van der Waals surface area contributed by atoms with Crippen molar-refractivity contribution in [1.82, 2.24) is 15.5 Å². The van der Waals surface area contributed by atoms with Gasteiger partial charge in [-0.05, 0) is 5.92 Å². The van der Waals surface area contributed by atoms with Gasteiger partial charge in [-0.2, -0.15) is 0 Å². The first-order valence-electron chi connectivity index (χ1n) is 6.63. The number of ether oxygens (including phenoxy) is 1. The number of hydrogen-bond acceptors (Lipinski definition) is 5. The first-order valence-corrected chi connectivity index (χ1v) is 6.63. The Balaban J connectivity index is 0.00000361. The molecule has 0 aliphatic carbocycles. The van der Waals surface area contributed by atoms with Crippen molar-refractivity contribution in [2.45, 2.75) is 20.0 Å². The topological polar surface area (TPSA) is 96.7 Å². The predicted molar refractivity (Wildman–Crippen MR) is 78.9 cm³/mol. The number of carbonyl (C=O) groups excluding carboxylic acids is 2. The van der Waals surface area contributed by atoms with Crippen LogP contribution in [-0.4, -0.2) is 62.3 Å². The average molecular weight is 309 g/mol. The van der Waals surface area contributed by atoms with Crippen LogP contribution >= 0.6 is 12.4 Å². The minimum atomic E-state index is -0.442. The Kier molecular flexibility index (Phi) is 9.49. The highest BCUT2D eigenvalue weighted by molar-refractivity contribution is 5.95. The van der Waals surface area contributed by atoms with Gasteiger partial charge in [-0.15, -0.1) is 12.4 Å². The molecule has 0 bridgehead atoms. The fourth-order valence-corrected chi connectivity index (χ4v) is 1.78. The van der Waals surface area contributed by atoms with Gasteiger partial charge in [-0.25, -0.2) is 4.79 Å². The van der Waals surface area contributed by atoms with E-state index in [4.69, 9.17) is 10.5 Å².